The normalized spacial score (nSPS) is 12.8. The zero-order chi connectivity index (χ0) is 14.4. The van der Waals surface area contributed by atoms with Gasteiger partial charge in [-0.15, -0.1) is 11.3 Å². The van der Waals surface area contributed by atoms with Gasteiger partial charge in [-0.25, -0.2) is 4.79 Å². The van der Waals surface area contributed by atoms with E-state index in [1.165, 1.54) is 11.0 Å². The standard InChI is InChI=1S/C14H19NO3S/c1-9(2)8-12(14(17)18)15-13(16)7-6-11-5-4-10(3)19-11/h4-7,9,12H,8H2,1-3H3,(H,15,16)(H,17,18)/b7-6+/t12-/m0/s1. The Morgan fingerprint density at radius 3 is 2.58 bits per heavy atom. The van der Waals surface area contributed by atoms with Gasteiger partial charge in [-0.3, -0.25) is 4.79 Å². The Labute approximate surface area is 117 Å². The van der Waals surface area contributed by atoms with Crippen molar-refractivity contribution in [3.05, 3.63) is 28.0 Å². The van der Waals surface area contributed by atoms with Gasteiger partial charge in [0.1, 0.15) is 6.04 Å². The molecule has 1 atom stereocenters. The van der Waals surface area contributed by atoms with Crippen LogP contribution in [0.25, 0.3) is 6.08 Å². The maximum absolute atomic E-state index is 11.7. The minimum absolute atomic E-state index is 0.213. The van der Waals surface area contributed by atoms with Gasteiger partial charge in [0.05, 0.1) is 0 Å². The smallest absolute Gasteiger partial charge is 0.326 e. The highest BCUT2D eigenvalue weighted by Gasteiger charge is 2.19. The van der Waals surface area contributed by atoms with Crippen LogP contribution in [0.1, 0.15) is 30.0 Å². The minimum Gasteiger partial charge on any atom is -0.480 e. The van der Waals surface area contributed by atoms with Crippen molar-refractivity contribution in [2.75, 3.05) is 0 Å². The number of nitrogens with one attached hydrogen (secondary N) is 1. The van der Waals surface area contributed by atoms with E-state index in [2.05, 4.69) is 5.32 Å². The molecule has 1 rings (SSSR count). The second-order valence-electron chi connectivity index (χ2n) is 4.81. The highest BCUT2D eigenvalue weighted by atomic mass is 32.1. The number of carboxylic acids is 1. The third kappa shape index (κ3) is 5.70. The van der Waals surface area contributed by atoms with Gasteiger partial charge in [-0.2, -0.15) is 0 Å². The topological polar surface area (TPSA) is 66.4 Å². The summed E-state index contributed by atoms with van der Waals surface area (Å²) in [6.45, 7) is 5.84. The number of hydrogen-bond acceptors (Lipinski definition) is 3. The van der Waals surface area contributed by atoms with Crippen LogP contribution in [0.2, 0.25) is 0 Å². The van der Waals surface area contributed by atoms with E-state index in [-0.39, 0.29) is 11.8 Å². The van der Waals surface area contributed by atoms with Gasteiger partial charge >= 0.3 is 5.97 Å². The van der Waals surface area contributed by atoms with E-state index < -0.39 is 12.0 Å². The summed E-state index contributed by atoms with van der Waals surface area (Å²) in [5.41, 5.74) is 0. The fourth-order valence-electron chi connectivity index (χ4n) is 1.61. The summed E-state index contributed by atoms with van der Waals surface area (Å²) < 4.78 is 0. The summed E-state index contributed by atoms with van der Waals surface area (Å²) in [4.78, 5) is 24.8. The molecule has 0 aromatic carbocycles. The molecule has 1 aromatic heterocycles. The maximum Gasteiger partial charge on any atom is 0.326 e. The zero-order valence-corrected chi connectivity index (χ0v) is 12.2. The van der Waals surface area contributed by atoms with Crippen LogP contribution in [0.3, 0.4) is 0 Å². The molecule has 4 nitrogen and oxygen atoms in total. The van der Waals surface area contributed by atoms with E-state index >= 15 is 0 Å². The molecule has 1 amide bonds. The van der Waals surface area contributed by atoms with Crippen molar-refractivity contribution in [2.24, 2.45) is 5.92 Å². The van der Waals surface area contributed by atoms with Crippen LogP contribution >= 0.6 is 11.3 Å². The molecule has 0 aliphatic carbocycles. The first-order valence-electron chi connectivity index (χ1n) is 6.16. The zero-order valence-electron chi connectivity index (χ0n) is 11.3. The second-order valence-corrected chi connectivity index (χ2v) is 6.13. The fraction of sp³-hybridized carbons (Fsp3) is 0.429. The van der Waals surface area contributed by atoms with E-state index in [9.17, 15) is 9.59 Å². The van der Waals surface area contributed by atoms with Gasteiger partial charge < -0.3 is 10.4 Å². The Morgan fingerprint density at radius 1 is 1.42 bits per heavy atom. The van der Waals surface area contributed by atoms with Crippen LogP contribution in [-0.4, -0.2) is 23.0 Å². The number of aryl methyl sites for hydroxylation is 1. The van der Waals surface area contributed by atoms with Gasteiger partial charge in [0.25, 0.3) is 0 Å². The number of aliphatic carboxylic acids is 1. The minimum atomic E-state index is -0.998. The Hall–Kier alpha value is -1.62. The average Bonchev–Trinajstić information content (AvgIpc) is 2.71. The van der Waals surface area contributed by atoms with Crippen molar-refractivity contribution in [2.45, 2.75) is 33.2 Å². The molecule has 0 saturated heterocycles. The molecular weight excluding hydrogens is 262 g/mol. The van der Waals surface area contributed by atoms with Crippen LogP contribution in [0.5, 0.6) is 0 Å². The summed E-state index contributed by atoms with van der Waals surface area (Å²) in [5.74, 6) is -1.16. The SMILES string of the molecule is Cc1ccc(/C=C/C(=O)N[C@@H](CC(C)C)C(=O)O)s1. The molecule has 0 aliphatic rings. The lowest BCUT2D eigenvalue weighted by Crippen LogP contribution is -2.40. The Balaban J connectivity index is 2.57. The molecule has 0 spiro atoms. The predicted octanol–water partition coefficient (Wildman–Crippen LogP) is 2.69. The molecule has 0 saturated carbocycles. The van der Waals surface area contributed by atoms with Crippen molar-refractivity contribution in [1.29, 1.82) is 0 Å². The van der Waals surface area contributed by atoms with Crippen molar-refractivity contribution in [1.82, 2.24) is 5.32 Å². The first kappa shape index (κ1) is 15.4. The number of carbonyl (C=O) groups excluding carboxylic acids is 1. The summed E-state index contributed by atoms with van der Waals surface area (Å²) in [5, 5.41) is 11.5. The van der Waals surface area contributed by atoms with E-state index in [1.807, 2.05) is 32.9 Å². The third-order valence-corrected chi connectivity index (χ3v) is 3.45. The van der Waals surface area contributed by atoms with E-state index in [0.29, 0.717) is 6.42 Å². The lowest BCUT2D eigenvalue weighted by atomic mass is 10.0. The highest BCUT2D eigenvalue weighted by Crippen LogP contribution is 2.16. The van der Waals surface area contributed by atoms with Gasteiger partial charge in [0.15, 0.2) is 0 Å². The first-order valence-corrected chi connectivity index (χ1v) is 6.98. The molecule has 0 unspecified atom stereocenters. The lowest BCUT2D eigenvalue weighted by molar-refractivity contribution is -0.141. The van der Waals surface area contributed by atoms with Crippen molar-refractivity contribution >= 4 is 29.3 Å². The first-order chi connectivity index (χ1) is 8.88. The second kappa shape index (κ2) is 7.09. The Morgan fingerprint density at radius 2 is 2.11 bits per heavy atom. The summed E-state index contributed by atoms with van der Waals surface area (Å²) >= 11 is 1.58. The van der Waals surface area contributed by atoms with Crippen molar-refractivity contribution in [3.63, 3.8) is 0 Å². The Bertz CT molecular complexity index is 477. The molecule has 1 aromatic rings. The molecule has 2 N–H and O–H groups in total. The quantitative estimate of drug-likeness (QED) is 0.788. The number of hydrogen-bond donors (Lipinski definition) is 2. The molecule has 5 heteroatoms. The number of rotatable bonds is 6. The highest BCUT2D eigenvalue weighted by molar-refractivity contribution is 7.12. The van der Waals surface area contributed by atoms with E-state index in [1.54, 1.807) is 17.4 Å². The van der Waals surface area contributed by atoms with Gasteiger partial charge in [-0.05, 0) is 37.5 Å². The van der Waals surface area contributed by atoms with Crippen LogP contribution in [0, 0.1) is 12.8 Å². The summed E-state index contributed by atoms with van der Waals surface area (Å²) in [6, 6.07) is 3.07. The number of carboxylic acid groups (broad SMARTS) is 1. The Kier molecular flexibility index (Phi) is 5.76. The van der Waals surface area contributed by atoms with Crippen molar-refractivity contribution < 1.29 is 14.7 Å². The van der Waals surface area contributed by atoms with Crippen LogP contribution in [-0.2, 0) is 9.59 Å². The van der Waals surface area contributed by atoms with Crippen LogP contribution < -0.4 is 5.32 Å². The average molecular weight is 281 g/mol. The molecular formula is C14H19NO3S. The van der Waals surface area contributed by atoms with E-state index in [0.717, 1.165) is 4.88 Å². The molecule has 0 bridgehead atoms. The van der Waals surface area contributed by atoms with Gasteiger partial charge in [0.2, 0.25) is 5.91 Å². The predicted molar refractivity (Wildman–Crippen MR) is 77.1 cm³/mol. The largest absolute Gasteiger partial charge is 0.480 e. The molecule has 0 fully saturated rings. The van der Waals surface area contributed by atoms with Crippen molar-refractivity contribution in [3.8, 4) is 0 Å². The molecule has 104 valence electrons. The number of amides is 1. The number of carbonyl (C=O) groups is 2. The monoisotopic (exact) mass is 281 g/mol. The number of thiophene rings is 1. The molecule has 1 heterocycles. The summed E-state index contributed by atoms with van der Waals surface area (Å²) in [6.07, 6.45) is 3.50. The third-order valence-electron chi connectivity index (χ3n) is 2.48. The molecule has 0 radical (unpaired) electrons. The fourth-order valence-corrected chi connectivity index (χ4v) is 2.39. The molecule has 19 heavy (non-hydrogen) atoms. The van der Waals surface area contributed by atoms with Gasteiger partial charge in [0, 0.05) is 15.8 Å². The van der Waals surface area contributed by atoms with E-state index in [4.69, 9.17) is 5.11 Å². The molecule has 0 aliphatic heterocycles. The van der Waals surface area contributed by atoms with Crippen LogP contribution in [0.15, 0.2) is 18.2 Å². The van der Waals surface area contributed by atoms with Gasteiger partial charge in [-0.1, -0.05) is 13.8 Å². The summed E-state index contributed by atoms with van der Waals surface area (Å²) in [7, 11) is 0. The van der Waals surface area contributed by atoms with Crippen LogP contribution in [0.4, 0.5) is 0 Å². The maximum atomic E-state index is 11.7. The lowest BCUT2D eigenvalue weighted by Gasteiger charge is -2.15.